The number of amides is 1. The fraction of sp³-hybridized carbons (Fsp3) is 0.316. The van der Waals surface area contributed by atoms with E-state index in [9.17, 15) is 17.6 Å². The second-order valence-electron chi connectivity index (χ2n) is 5.77. The second-order valence-corrected chi connectivity index (χ2v) is 7.54. The molecule has 2 aromatic carbocycles. The monoisotopic (exact) mass is 410 g/mol. The molecule has 0 fully saturated rings. The van der Waals surface area contributed by atoms with Crippen molar-refractivity contribution in [3.8, 4) is 5.75 Å². The summed E-state index contributed by atoms with van der Waals surface area (Å²) in [5.41, 5.74) is -0.0224. The van der Waals surface area contributed by atoms with Crippen molar-refractivity contribution in [3.05, 3.63) is 53.8 Å². The Morgan fingerprint density at radius 1 is 1.18 bits per heavy atom. The van der Waals surface area contributed by atoms with Gasteiger partial charge in [0.15, 0.2) is 0 Å². The van der Waals surface area contributed by atoms with Gasteiger partial charge in [-0.2, -0.15) is 0 Å². The summed E-state index contributed by atoms with van der Waals surface area (Å²) in [5, 5.41) is 2.53. The Hall–Kier alpha value is -2.49. The lowest BCUT2D eigenvalue weighted by Gasteiger charge is -2.14. The van der Waals surface area contributed by atoms with Crippen molar-refractivity contribution in [3.63, 3.8) is 0 Å². The van der Waals surface area contributed by atoms with Crippen molar-refractivity contribution in [1.29, 1.82) is 0 Å². The van der Waals surface area contributed by atoms with Crippen LogP contribution < -0.4 is 14.8 Å². The van der Waals surface area contributed by atoms with E-state index in [1.54, 1.807) is 6.92 Å². The summed E-state index contributed by atoms with van der Waals surface area (Å²) in [5.74, 6) is -1.10. The largest absolute Gasteiger partial charge is 0.492 e. The van der Waals surface area contributed by atoms with Crippen LogP contribution in [0.4, 0.5) is 10.1 Å². The predicted molar refractivity (Wildman–Crippen MR) is 104 cm³/mol. The number of hydrogen-bond donors (Lipinski definition) is 2. The SMILES string of the molecule is CCOc1ccc(S(=O)(=O)NCCCOC)cc1NC(=O)c1ccccc1F. The summed E-state index contributed by atoms with van der Waals surface area (Å²) in [6.45, 7) is 2.70. The Balaban J connectivity index is 2.28. The molecule has 0 spiro atoms. The number of rotatable bonds is 10. The molecule has 1 amide bonds. The number of sulfonamides is 1. The van der Waals surface area contributed by atoms with E-state index in [-0.39, 0.29) is 28.4 Å². The summed E-state index contributed by atoms with van der Waals surface area (Å²) >= 11 is 0. The van der Waals surface area contributed by atoms with Gasteiger partial charge in [-0.1, -0.05) is 12.1 Å². The maximum Gasteiger partial charge on any atom is 0.258 e. The van der Waals surface area contributed by atoms with Crippen molar-refractivity contribution in [1.82, 2.24) is 4.72 Å². The maximum absolute atomic E-state index is 13.9. The van der Waals surface area contributed by atoms with Crippen LogP contribution in [0.1, 0.15) is 23.7 Å². The number of carbonyl (C=O) groups is 1. The third kappa shape index (κ3) is 5.75. The zero-order chi connectivity index (χ0) is 20.6. The summed E-state index contributed by atoms with van der Waals surface area (Å²) in [6.07, 6.45) is 0.517. The first kappa shape index (κ1) is 21.8. The highest BCUT2D eigenvalue weighted by atomic mass is 32.2. The molecule has 0 aliphatic rings. The lowest BCUT2D eigenvalue weighted by atomic mass is 10.2. The molecule has 28 heavy (non-hydrogen) atoms. The van der Waals surface area contributed by atoms with Crippen molar-refractivity contribution < 1.29 is 27.1 Å². The quantitative estimate of drug-likeness (QED) is 0.588. The Bertz CT molecular complexity index is 918. The number of nitrogens with one attached hydrogen (secondary N) is 2. The van der Waals surface area contributed by atoms with Crippen LogP contribution in [-0.2, 0) is 14.8 Å². The fourth-order valence-corrected chi connectivity index (χ4v) is 3.50. The molecule has 0 saturated heterocycles. The lowest BCUT2D eigenvalue weighted by Crippen LogP contribution is -2.25. The van der Waals surface area contributed by atoms with E-state index in [2.05, 4.69) is 10.0 Å². The molecule has 2 rings (SSSR count). The van der Waals surface area contributed by atoms with Gasteiger partial charge in [-0.25, -0.2) is 17.5 Å². The molecule has 0 aliphatic carbocycles. The molecule has 0 atom stereocenters. The summed E-state index contributed by atoms with van der Waals surface area (Å²) < 4.78 is 51.6. The smallest absolute Gasteiger partial charge is 0.258 e. The number of carbonyl (C=O) groups excluding carboxylic acids is 1. The van der Waals surface area contributed by atoms with Crippen LogP contribution in [0.5, 0.6) is 5.75 Å². The number of methoxy groups -OCH3 is 1. The molecule has 0 heterocycles. The summed E-state index contributed by atoms with van der Waals surface area (Å²) in [6, 6.07) is 9.62. The number of anilines is 1. The van der Waals surface area contributed by atoms with E-state index in [1.165, 1.54) is 49.6 Å². The lowest BCUT2D eigenvalue weighted by molar-refractivity contribution is 0.102. The fourth-order valence-electron chi connectivity index (χ4n) is 2.40. The molecule has 2 aromatic rings. The molecule has 0 bridgehead atoms. The van der Waals surface area contributed by atoms with Crippen LogP contribution >= 0.6 is 0 Å². The highest BCUT2D eigenvalue weighted by molar-refractivity contribution is 7.89. The average Bonchev–Trinajstić information content (AvgIpc) is 2.67. The number of ether oxygens (including phenoxy) is 2. The van der Waals surface area contributed by atoms with E-state index in [0.29, 0.717) is 19.6 Å². The summed E-state index contributed by atoms with van der Waals surface area (Å²) in [4.78, 5) is 12.4. The topological polar surface area (TPSA) is 93.7 Å². The van der Waals surface area contributed by atoms with Gasteiger partial charge in [0.2, 0.25) is 10.0 Å². The molecule has 152 valence electrons. The van der Waals surface area contributed by atoms with Crippen molar-refractivity contribution in [2.75, 3.05) is 32.2 Å². The first-order valence-electron chi connectivity index (χ1n) is 8.70. The van der Waals surface area contributed by atoms with Gasteiger partial charge in [0.05, 0.1) is 22.8 Å². The second kappa shape index (κ2) is 10.2. The third-order valence-electron chi connectivity index (χ3n) is 3.75. The third-order valence-corrected chi connectivity index (χ3v) is 5.20. The van der Waals surface area contributed by atoms with Crippen molar-refractivity contribution in [2.45, 2.75) is 18.2 Å². The Kier molecular flexibility index (Phi) is 7.91. The van der Waals surface area contributed by atoms with Crippen LogP contribution in [0.25, 0.3) is 0 Å². The molecule has 0 unspecified atom stereocenters. The van der Waals surface area contributed by atoms with E-state index in [4.69, 9.17) is 9.47 Å². The Labute approximate surface area is 163 Å². The van der Waals surface area contributed by atoms with E-state index in [0.717, 1.165) is 0 Å². The number of halogens is 1. The van der Waals surface area contributed by atoms with Crippen LogP contribution in [0.3, 0.4) is 0 Å². The summed E-state index contributed by atoms with van der Waals surface area (Å²) in [7, 11) is -2.26. The number of hydrogen-bond acceptors (Lipinski definition) is 5. The number of benzene rings is 2. The highest BCUT2D eigenvalue weighted by Crippen LogP contribution is 2.28. The highest BCUT2D eigenvalue weighted by Gasteiger charge is 2.19. The van der Waals surface area contributed by atoms with Gasteiger partial charge in [0.1, 0.15) is 11.6 Å². The molecule has 0 aromatic heterocycles. The van der Waals surface area contributed by atoms with Gasteiger partial charge < -0.3 is 14.8 Å². The first-order chi connectivity index (χ1) is 13.4. The zero-order valence-corrected chi connectivity index (χ0v) is 16.5. The van der Waals surface area contributed by atoms with E-state index < -0.39 is 21.7 Å². The minimum atomic E-state index is -3.79. The standard InChI is InChI=1S/C19H23FN2O5S/c1-3-27-18-10-9-14(28(24,25)21-11-6-12-26-2)13-17(18)22-19(23)15-7-4-5-8-16(15)20/h4-5,7-10,13,21H,3,6,11-12H2,1-2H3,(H,22,23). The Morgan fingerprint density at radius 3 is 2.61 bits per heavy atom. The first-order valence-corrected chi connectivity index (χ1v) is 10.2. The molecule has 0 radical (unpaired) electrons. The maximum atomic E-state index is 13.9. The molecular formula is C19H23FN2O5S. The van der Waals surface area contributed by atoms with Crippen LogP contribution in [0.15, 0.2) is 47.4 Å². The molecule has 0 aliphatic heterocycles. The van der Waals surface area contributed by atoms with Crippen molar-refractivity contribution >= 4 is 21.6 Å². The van der Waals surface area contributed by atoms with E-state index >= 15 is 0 Å². The molecule has 7 nitrogen and oxygen atoms in total. The van der Waals surface area contributed by atoms with Gasteiger partial charge in [-0.05, 0) is 43.7 Å². The zero-order valence-electron chi connectivity index (χ0n) is 15.7. The van der Waals surface area contributed by atoms with Gasteiger partial charge in [0.25, 0.3) is 5.91 Å². The van der Waals surface area contributed by atoms with Gasteiger partial charge in [-0.15, -0.1) is 0 Å². The van der Waals surface area contributed by atoms with Crippen LogP contribution in [0.2, 0.25) is 0 Å². The Morgan fingerprint density at radius 2 is 1.93 bits per heavy atom. The van der Waals surface area contributed by atoms with Gasteiger partial charge in [-0.3, -0.25) is 4.79 Å². The minimum absolute atomic E-state index is 0.0443. The van der Waals surface area contributed by atoms with Crippen LogP contribution in [-0.4, -0.2) is 41.2 Å². The molecule has 9 heteroatoms. The van der Waals surface area contributed by atoms with Gasteiger partial charge in [0, 0.05) is 20.3 Å². The molecule has 2 N–H and O–H groups in total. The molecule has 0 saturated carbocycles. The van der Waals surface area contributed by atoms with Gasteiger partial charge >= 0.3 is 0 Å². The van der Waals surface area contributed by atoms with Crippen molar-refractivity contribution in [2.24, 2.45) is 0 Å². The van der Waals surface area contributed by atoms with E-state index in [1.807, 2.05) is 0 Å². The minimum Gasteiger partial charge on any atom is -0.492 e. The average molecular weight is 410 g/mol. The predicted octanol–water partition coefficient (Wildman–Crippen LogP) is 2.79. The molecular weight excluding hydrogens is 387 g/mol. The normalized spacial score (nSPS) is 11.2. The van der Waals surface area contributed by atoms with Crippen LogP contribution in [0, 0.1) is 5.82 Å².